The Morgan fingerprint density at radius 1 is 1.22 bits per heavy atom. The van der Waals surface area contributed by atoms with Crippen molar-refractivity contribution in [2.45, 2.75) is 52.2 Å². The van der Waals surface area contributed by atoms with E-state index in [1.165, 1.54) is 11.1 Å². The summed E-state index contributed by atoms with van der Waals surface area (Å²) in [4.78, 5) is 2.58. The first-order valence-electron chi connectivity index (χ1n) is 7.07. The van der Waals surface area contributed by atoms with Crippen LogP contribution in [0, 0.1) is 0 Å². The minimum atomic E-state index is 0.232. The van der Waals surface area contributed by atoms with Crippen molar-refractivity contribution in [1.82, 2.24) is 10.2 Å². The van der Waals surface area contributed by atoms with Crippen LogP contribution in [0.5, 0.6) is 0 Å². The molecule has 0 radical (unpaired) electrons. The molecule has 0 bridgehead atoms. The molecule has 1 aliphatic heterocycles. The van der Waals surface area contributed by atoms with Crippen molar-refractivity contribution in [2.24, 2.45) is 0 Å². The zero-order valence-corrected chi connectivity index (χ0v) is 12.2. The largest absolute Gasteiger partial charge is 0.309 e. The van der Waals surface area contributed by atoms with Gasteiger partial charge in [-0.15, -0.1) is 0 Å². The summed E-state index contributed by atoms with van der Waals surface area (Å²) in [6.45, 7) is 12.3. The second-order valence-electron chi connectivity index (χ2n) is 6.19. The number of hydrogen-bond donors (Lipinski definition) is 1. The molecule has 1 aromatic rings. The maximum absolute atomic E-state index is 3.60. The van der Waals surface area contributed by atoms with E-state index >= 15 is 0 Å². The molecule has 1 aliphatic rings. The zero-order chi connectivity index (χ0) is 13.2. The summed E-state index contributed by atoms with van der Waals surface area (Å²) >= 11 is 0. The molecule has 2 heteroatoms. The molecule has 1 saturated heterocycles. The molecule has 2 nitrogen and oxygen atoms in total. The fraction of sp³-hybridized carbons (Fsp3) is 0.625. The minimum Gasteiger partial charge on any atom is -0.309 e. The van der Waals surface area contributed by atoms with Gasteiger partial charge >= 0.3 is 0 Å². The SMILES string of the molecule is CCc1ccc(CN2CC(C)(C)NCC2C)cc1. The molecule has 0 saturated carbocycles. The number of piperazine rings is 1. The molecule has 18 heavy (non-hydrogen) atoms. The summed E-state index contributed by atoms with van der Waals surface area (Å²) in [6, 6.07) is 9.69. The van der Waals surface area contributed by atoms with Crippen molar-refractivity contribution in [3.63, 3.8) is 0 Å². The summed E-state index contributed by atoms with van der Waals surface area (Å²) in [5.74, 6) is 0. The van der Waals surface area contributed by atoms with E-state index in [-0.39, 0.29) is 5.54 Å². The van der Waals surface area contributed by atoms with Crippen LogP contribution in [0.1, 0.15) is 38.8 Å². The standard InChI is InChI=1S/C16H26N2/c1-5-14-6-8-15(9-7-14)11-18-12-16(3,4)17-10-13(18)2/h6-9,13,17H,5,10-12H2,1-4H3. The highest BCUT2D eigenvalue weighted by Gasteiger charge is 2.29. The molecule has 1 unspecified atom stereocenters. The topological polar surface area (TPSA) is 15.3 Å². The van der Waals surface area contributed by atoms with E-state index < -0.39 is 0 Å². The lowest BCUT2D eigenvalue weighted by Crippen LogP contribution is -2.60. The van der Waals surface area contributed by atoms with Gasteiger partial charge < -0.3 is 5.32 Å². The van der Waals surface area contributed by atoms with Gasteiger partial charge in [-0.05, 0) is 38.3 Å². The van der Waals surface area contributed by atoms with E-state index in [4.69, 9.17) is 0 Å². The number of nitrogens with zero attached hydrogens (tertiary/aromatic N) is 1. The molecular weight excluding hydrogens is 220 g/mol. The Kier molecular flexibility index (Phi) is 4.08. The third kappa shape index (κ3) is 3.33. The lowest BCUT2D eigenvalue weighted by Gasteiger charge is -2.43. The Morgan fingerprint density at radius 3 is 2.44 bits per heavy atom. The lowest BCUT2D eigenvalue weighted by atomic mass is 9.98. The molecule has 1 heterocycles. The highest BCUT2D eigenvalue weighted by molar-refractivity contribution is 5.22. The second-order valence-corrected chi connectivity index (χ2v) is 6.19. The number of rotatable bonds is 3. The highest BCUT2D eigenvalue weighted by atomic mass is 15.2. The Hall–Kier alpha value is -0.860. The summed E-state index contributed by atoms with van der Waals surface area (Å²) < 4.78 is 0. The Bertz CT molecular complexity index is 381. The van der Waals surface area contributed by atoms with Crippen molar-refractivity contribution in [2.75, 3.05) is 13.1 Å². The number of benzene rings is 1. The summed E-state index contributed by atoms with van der Waals surface area (Å²) in [5.41, 5.74) is 3.08. The predicted molar refractivity (Wildman–Crippen MR) is 77.8 cm³/mol. The van der Waals surface area contributed by atoms with Gasteiger partial charge in [0.2, 0.25) is 0 Å². The average Bonchev–Trinajstić information content (AvgIpc) is 2.35. The molecule has 0 amide bonds. The van der Waals surface area contributed by atoms with Crippen molar-refractivity contribution < 1.29 is 0 Å². The Labute approximate surface area is 111 Å². The Morgan fingerprint density at radius 2 is 1.83 bits per heavy atom. The zero-order valence-electron chi connectivity index (χ0n) is 12.2. The second kappa shape index (κ2) is 5.41. The van der Waals surface area contributed by atoms with Crippen LogP contribution in [0.3, 0.4) is 0 Å². The number of hydrogen-bond acceptors (Lipinski definition) is 2. The first kappa shape index (κ1) is 13.6. The maximum atomic E-state index is 3.60. The first-order valence-corrected chi connectivity index (χ1v) is 7.07. The van der Waals surface area contributed by atoms with E-state index in [0.717, 1.165) is 26.1 Å². The normalized spacial score (nSPS) is 24.1. The third-order valence-corrected chi connectivity index (χ3v) is 3.91. The van der Waals surface area contributed by atoms with Gasteiger partial charge in [0.15, 0.2) is 0 Å². The molecule has 1 atom stereocenters. The van der Waals surface area contributed by atoms with Crippen LogP contribution >= 0.6 is 0 Å². The maximum Gasteiger partial charge on any atom is 0.0253 e. The lowest BCUT2D eigenvalue weighted by molar-refractivity contribution is 0.0978. The van der Waals surface area contributed by atoms with Crippen molar-refractivity contribution >= 4 is 0 Å². The van der Waals surface area contributed by atoms with Gasteiger partial charge in [0, 0.05) is 31.2 Å². The third-order valence-electron chi connectivity index (χ3n) is 3.91. The average molecular weight is 246 g/mol. The van der Waals surface area contributed by atoms with Gasteiger partial charge in [0.05, 0.1) is 0 Å². The number of aryl methyl sites for hydroxylation is 1. The fourth-order valence-corrected chi connectivity index (χ4v) is 2.60. The quantitative estimate of drug-likeness (QED) is 0.882. The molecule has 0 spiro atoms. The summed E-state index contributed by atoms with van der Waals surface area (Å²) in [5, 5.41) is 3.60. The molecule has 1 fully saturated rings. The van der Waals surface area contributed by atoms with Crippen LogP contribution in [0.15, 0.2) is 24.3 Å². The van der Waals surface area contributed by atoms with Gasteiger partial charge in [-0.2, -0.15) is 0 Å². The minimum absolute atomic E-state index is 0.232. The summed E-state index contributed by atoms with van der Waals surface area (Å²) in [7, 11) is 0. The van der Waals surface area contributed by atoms with E-state index in [1.54, 1.807) is 0 Å². The first-order chi connectivity index (χ1) is 8.50. The van der Waals surface area contributed by atoms with E-state index in [2.05, 4.69) is 62.2 Å². The highest BCUT2D eigenvalue weighted by Crippen LogP contribution is 2.18. The predicted octanol–water partition coefficient (Wildman–Crippen LogP) is 2.82. The van der Waals surface area contributed by atoms with Crippen molar-refractivity contribution in [1.29, 1.82) is 0 Å². The van der Waals surface area contributed by atoms with E-state index in [9.17, 15) is 0 Å². The smallest absolute Gasteiger partial charge is 0.0253 e. The summed E-state index contributed by atoms with van der Waals surface area (Å²) in [6.07, 6.45) is 1.12. The van der Waals surface area contributed by atoms with Crippen molar-refractivity contribution in [3.8, 4) is 0 Å². The van der Waals surface area contributed by atoms with Crippen LogP contribution < -0.4 is 5.32 Å². The number of nitrogens with one attached hydrogen (secondary N) is 1. The molecule has 2 rings (SSSR count). The van der Waals surface area contributed by atoms with Crippen LogP contribution in [-0.2, 0) is 13.0 Å². The van der Waals surface area contributed by atoms with Crippen LogP contribution in [0.25, 0.3) is 0 Å². The Balaban J connectivity index is 2.02. The fourth-order valence-electron chi connectivity index (χ4n) is 2.60. The molecule has 100 valence electrons. The van der Waals surface area contributed by atoms with Crippen molar-refractivity contribution in [3.05, 3.63) is 35.4 Å². The molecule has 1 N–H and O–H groups in total. The van der Waals surface area contributed by atoms with Crippen LogP contribution in [-0.4, -0.2) is 29.6 Å². The van der Waals surface area contributed by atoms with Gasteiger partial charge in [-0.25, -0.2) is 0 Å². The molecular formula is C16H26N2. The van der Waals surface area contributed by atoms with Crippen LogP contribution in [0.4, 0.5) is 0 Å². The molecule has 1 aromatic carbocycles. The molecule has 0 aromatic heterocycles. The van der Waals surface area contributed by atoms with Gasteiger partial charge in [0.1, 0.15) is 0 Å². The van der Waals surface area contributed by atoms with Gasteiger partial charge in [-0.1, -0.05) is 31.2 Å². The molecule has 0 aliphatic carbocycles. The van der Waals surface area contributed by atoms with Gasteiger partial charge in [0.25, 0.3) is 0 Å². The van der Waals surface area contributed by atoms with E-state index in [1.807, 2.05) is 0 Å². The van der Waals surface area contributed by atoms with E-state index in [0.29, 0.717) is 6.04 Å². The van der Waals surface area contributed by atoms with Crippen LogP contribution in [0.2, 0.25) is 0 Å². The van der Waals surface area contributed by atoms with Gasteiger partial charge in [-0.3, -0.25) is 4.90 Å². The monoisotopic (exact) mass is 246 g/mol.